The van der Waals surface area contributed by atoms with E-state index in [9.17, 15) is 9.59 Å². The number of aromatic nitrogens is 2. The van der Waals surface area contributed by atoms with Crippen molar-refractivity contribution >= 4 is 23.5 Å². The Morgan fingerprint density at radius 2 is 1.95 bits per heavy atom. The molecule has 2 rings (SSSR count). The normalized spacial score (nSPS) is 17.2. The maximum atomic E-state index is 12.0. The minimum atomic E-state index is -0.822. The Morgan fingerprint density at radius 1 is 1.24 bits per heavy atom. The number of hydrogen-bond donors (Lipinski definition) is 2. The monoisotopic (exact) mass is 311 g/mol. The number of amides is 1. The smallest absolute Gasteiger partial charge is 0.303 e. The van der Waals surface area contributed by atoms with Crippen LogP contribution in [0.3, 0.4) is 0 Å². The Kier molecular flexibility index (Phi) is 5.12. The fourth-order valence-electron chi connectivity index (χ4n) is 2.83. The lowest BCUT2D eigenvalue weighted by molar-refractivity contribution is -0.140. The number of carbonyl (C=O) groups excluding carboxylic acids is 1. The zero-order chi connectivity index (χ0) is 15.3. The number of carbonyl (C=O) groups is 2. The summed E-state index contributed by atoms with van der Waals surface area (Å²) in [6.07, 6.45) is 4.86. The van der Waals surface area contributed by atoms with E-state index in [2.05, 4.69) is 15.5 Å². The topological polar surface area (TPSA) is 92.2 Å². The Hall–Kier alpha value is -1.69. The van der Waals surface area contributed by atoms with Gasteiger partial charge in [-0.15, -0.1) is 10.2 Å². The molecule has 1 aromatic rings. The van der Waals surface area contributed by atoms with Crippen LogP contribution in [0.1, 0.15) is 49.0 Å². The van der Waals surface area contributed by atoms with Gasteiger partial charge in [0.1, 0.15) is 0 Å². The Morgan fingerprint density at radius 3 is 2.52 bits per heavy atom. The van der Waals surface area contributed by atoms with Gasteiger partial charge in [-0.05, 0) is 30.4 Å². The van der Waals surface area contributed by atoms with Crippen LogP contribution < -0.4 is 5.32 Å². The van der Waals surface area contributed by atoms with E-state index in [4.69, 9.17) is 16.7 Å². The number of halogens is 1. The fourth-order valence-corrected chi connectivity index (χ4v) is 2.93. The lowest BCUT2D eigenvalue weighted by atomic mass is 9.71. The molecule has 1 fully saturated rings. The van der Waals surface area contributed by atoms with Gasteiger partial charge < -0.3 is 10.4 Å². The fraction of sp³-hybridized carbons (Fsp3) is 0.571. The molecule has 0 unspecified atom stereocenters. The first-order valence-electron chi connectivity index (χ1n) is 7.00. The predicted molar refractivity (Wildman–Crippen MR) is 77.1 cm³/mol. The van der Waals surface area contributed by atoms with Crippen LogP contribution >= 0.6 is 11.6 Å². The standard InChI is InChI=1S/C14H18ClN3O3/c15-11-5-4-10(17-18-11)13(21)16-9-14(8-12(19)20)6-2-1-3-7-14/h4-5H,1-3,6-9H2,(H,16,21)(H,19,20). The van der Waals surface area contributed by atoms with E-state index >= 15 is 0 Å². The number of nitrogens with zero attached hydrogens (tertiary/aromatic N) is 2. The second kappa shape index (κ2) is 6.85. The average molecular weight is 312 g/mol. The summed E-state index contributed by atoms with van der Waals surface area (Å²) in [7, 11) is 0. The first kappa shape index (κ1) is 15.7. The molecular weight excluding hydrogens is 294 g/mol. The highest BCUT2D eigenvalue weighted by molar-refractivity contribution is 6.29. The van der Waals surface area contributed by atoms with Gasteiger partial charge in [-0.1, -0.05) is 30.9 Å². The highest BCUT2D eigenvalue weighted by atomic mass is 35.5. The number of carboxylic acid groups (broad SMARTS) is 1. The van der Waals surface area contributed by atoms with Crippen LogP contribution in [0.25, 0.3) is 0 Å². The Balaban J connectivity index is 1.99. The molecule has 1 heterocycles. The van der Waals surface area contributed by atoms with Crippen molar-refractivity contribution in [3.63, 3.8) is 0 Å². The van der Waals surface area contributed by atoms with Gasteiger partial charge >= 0.3 is 5.97 Å². The number of carboxylic acids is 1. The summed E-state index contributed by atoms with van der Waals surface area (Å²) in [5.41, 5.74) is -0.166. The number of nitrogens with one attached hydrogen (secondary N) is 1. The molecule has 0 spiro atoms. The van der Waals surface area contributed by atoms with Crippen molar-refractivity contribution in [2.45, 2.75) is 38.5 Å². The van der Waals surface area contributed by atoms with Gasteiger partial charge in [0.05, 0.1) is 6.42 Å². The van der Waals surface area contributed by atoms with Crippen LogP contribution in [0.2, 0.25) is 5.15 Å². The molecule has 0 saturated heterocycles. The van der Waals surface area contributed by atoms with Gasteiger partial charge in [-0.2, -0.15) is 0 Å². The molecule has 0 aromatic carbocycles. The molecule has 114 valence electrons. The molecule has 1 amide bonds. The predicted octanol–water partition coefficient (Wildman–Crippen LogP) is 2.29. The molecule has 7 heteroatoms. The molecule has 0 atom stereocenters. The van der Waals surface area contributed by atoms with E-state index in [1.807, 2.05) is 0 Å². The summed E-state index contributed by atoms with van der Waals surface area (Å²) in [6.45, 7) is 0.350. The van der Waals surface area contributed by atoms with E-state index < -0.39 is 5.97 Å². The van der Waals surface area contributed by atoms with Crippen molar-refractivity contribution in [2.75, 3.05) is 6.54 Å². The molecule has 0 radical (unpaired) electrons. The molecule has 1 aliphatic carbocycles. The summed E-state index contributed by atoms with van der Waals surface area (Å²) in [5.74, 6) is -1.17. The van der Waals surface area contributed by atoms with Crippen molar-refractivity contribution in [3.8, 4) is 0 Å². The van der Waals surface area contributed by atoms with Crippen molar-refractivity contribution < 1.29 is 14.7 Å². The summed E-state index contributed by atoms with van der Waals surface area (Å²) < 4.78 is 0. The Bertz CT molecular complexity index is 513. The highest BCUT2D eigenvalue weighted by Crippen LogP contribution is 2.38. The Labute approximate surface area is 127 Å². The first-order chi connectivity index (χ1) is 10.0. The average Bonchev–Trinajstić information content (AvgIpc) is 2.46. The molecule has 0 aliphatic heterocycles. The number of aliphatic carboxylic acids is 1. The molecule has 1 saturated carbocycles. The molecule has 2 N–H and O–H groups in total. The van der Waals surface area contributed by atoms with Crippen LogP contribution in [-0.4, -0.2) is 33.7 Å². The minimum Gasteiger partial charge on any atom is -0.481 e. The lowest BCUT2D eigenvalue weighted by Gasteiger charge is -2.36. The van der Waals surface area contributed by atoms with Gasteiger partial charge in [0.15, 0.2) is 10.8 Å². The van der Waals surface area contributed by atoms with Crippen molar-refractivity contribution in [1.29, 1.82) is 0 Å². The van der Waals surface area contributed by atoms with E-state index in [-0.39, 0.29) is 28.6 Å². The summed E-state index contributed by atoms with van der Waals surface area (Å²) in [5, 5.41) is 19.4. The van der Waals surface area contributed by atoms with E-state index in [0.29, 0.717) is 6.54 Å². The van der Waals surface area contributed by atoms with Gasteiger partial charge in [0.25, 0.3) is 5.91 Å². The third-order valence-corrected chi connectivity index (χ3v) is 4.13. The zero-order valence-corrected chi connectivity index (χ0v) is 12.4. The lowest BCUT2D eigenvalue weighted by Crippen LogP contribution is -2.40. The molecular formula is C14H18ClN3O3. The van der Waals surface area contributed by atoms with Crippen molar-refractivity contribution in [3.05, 3.63) is 23.0 Å². The quantitative estimate of drug-likeness (QED) is 0.870. The summed E-state index contributed by atoms with van der Waals surface area (Å²) in [6, 6.07) is 2.99. The van der Waals surface area contributed by atoms with Crippen LogP contribution in [0, 0.1) is 5.41 Å². The zero-order valence-electron chi connectivity index (χ0n) is 11.6. The van der Waals surface area contributed by atoms with Gasteiger partial charge in [0, 0.05) is 6.54 Å². The largest absolute Gasteiger partial charge is 0.481 e. The van der Waals surface area contributed by atoms with Crippen LogP contribution in [-0.2, 0) is 4.79 Å². The second-order valence-electron chi connectivity index (χ2n) is 5.56. The van der Waals surface area contributed by atoms with E-state index in [0.717, 1.165) is 32.1 Å². The van der Waals surface area contributed by atoms with Gasteiger partial charge in [0.2, 0.25) is 0 Å². The van der Waals surface area contributed by atoms with Gasteiger partial charge in [-0.3, -0.25) is 9.59 Å². The second-order valence-corrected chi connectivity index (χ2v) is 5.94. The molecule has 0 bridgehead atoms. The van der Waals surface area contributed by atoms with Crippen LogP contribution in [0.5, 0.6) is 0 Å². The maximum absolute atomic E-state index is 12.0. The van der Waals surface area contributed by atoms with E-state index in [1.165, 1.54) is 12.1 Å². The molecule has 6 nitrogen and oxygen atoms in total. The van der Waals surface area contributed by atoms with Crippen molar-refractivity contribution in [2.24, 2.45) is 5.41 Å². The SMILES string of the molecule is O=C(O)CC1(CNC(=O)c2ccc(Cl)nn2)CCCCC1. The van der Waals surface area contributed by atoms with E-state index in [1.54, 1.807) is 0 Å². The number of rotatable bonds is 5. The maximum Gasteiger partial charge on any atom is 0.303 e. The number of hydrogen-bond acceptors (Lipinski definition) is 4. The van der Waals surface area contributed by atoms with Crippen LogP contribution in [0.15, 0.2) is 12.1 Å². The molecule has 21 heavy (non-hydrogen) atoms. The highest BCUT2D eigenvalue weighted by Gasteiger charge is 2.34. The summed E-state index contributed by atoms with van der Waals surface area (Å²) >= 11 is 5.62. The van der Waals surface area contributed by atoms with Gasteiger partial charge in [-0.25, -0.2) is 0 Å². The molecule has 1 aliphatic rings. The summed E-state index contributed by atoms with van der Waals surface area (Å²) in [4.78, 5) is 23.1. The minimum absolute atomic E-state index is 0.0829. The third-order valence-electron chi connectivity index (χ3n) is 3.93. The molecule has 1 aromatic heterocycles. The van der Waals surface area contributed by atoms with Crippen molar-refractivity contribution in [1.82, 2.24) is 15.5 Å². The van der Waals surface area contributed by atoms with Crippen LogP contribution in [0.4, 0.5) is 0 Å². The first-order valence-corrected chi connectivity index (χ1v) is 7.38. The third kappa shape index (κ3) is 4.39.